The maximum absolute atomic E-state index is 13.0. The number of nitrogens with zero attached hydrogens (tertiary/aromatic N) is 2. The highest BCUT2D eigenvalue weighted by Gasteiger charge is 2.28. The fourth-order valence-electron chi connectivity index (χ4n) is 5.52. The average molecular weight is 430 g/mol. The van der Waals surface area contributed by atoms with Gasteiger partial charge in [0, 0.05) is 31.7 Å². The molecule has 0 aromatic heterocycles. The molecule has 4 rings (SSSR count). The van der Waals surface area contributed by atoms with Crippen LogP contribution in [0.1, 0.15) is 68.1 Å². The van der Waals surface area contributed by atoms with Gasteiger partial charge in [-0.3, -0.25) is 4.79 Å². The molecular weight excluding hydrogens is 390 g/mol. The molecule has 3 aliphatic rings. The number of ether oxygens (including phenoxy) is 2. The first kappa shape index (κ1) is 22.4. The summed E-state index contributed by atoms with van der Waals surface area (Å²) >= 11 is 0. The smallest absolute Gasteiger partial charge is 0.255 e. The van der Waals surface area contributed by atoms with E-state index in [1.165, 1.54) is 38.5 Å². The van der Waals surface area contributed by atoms with Gasteiger partial charge in [-0.25, -0.2) is 0 Å². The molecule has 0 bridgehead atoms. The van der Waals surface area contributed by atoms with E-state index in [0.29, 0.717) is 29.6 Å². The Morgan fingerprint density at radius 2 is 1.84 bits per heavy atom. The van der Waals surface area contributed by atoms with Crippen LogP contribution in [-0.2, 0) is 0 Å². The maximum Gasteiger partial charge on any atom is 0.255 e. The van der Waals surface area contributed by atoms with E-state index >= 15 is 0 Å². The van der Waals surface area contributed by atoms with Crippen LogP contribution < -0.4 is 14.8 Å². The van der Waals surface area contributed by atoms with E-state index in [4.69, 9.17) is 9.47 Å². The van der Waals surface area contributed by atoms with Gasteiger partial charge in [-0.2, -0.15) is 0 Å². The summed E-state index contributed by atoms with van der Waals surface area (Å²) in [4.78, 5) is 18.0. The minimum atomic E-state index is -0.0714. The third-order valence-corrected chi connectivity index (χ3v) is 7.48. The summed E-state index contributed by atoms with van der Waals surface area (Å²) in [5.41, 5.74) is 0.581. The number of amides is 1. The largest absolute Gasteiger partial charge is 0.497 e. The molecular formula is C25H39N3O3. The number of carbonyl (C=O) groups is 1. The van der Waals surface area contributed by atoms with Crippen molar-refractivity contribution >= 4 is 5.91 Å². The first-order valence-electron chi connectivity index (χ1n) is 12.2. The van der Waals surface area contributed by atoms with E-state index in [-0.39, 0.29) is 12.0 Å². The first-order chi connectivity index (χ1) is 15.1. The van der Waals surface area contributed by atoms with Crippen LogP contribution in [0, 0.1) is 0 Å². The topological polar surface area (TPSA) is 54.0 Å². The highest BCUT2D eigenvalue weighted by atomic mass is 16.5. The molecule has 1 atom stereocenters. The predicted octanol–water partition coefficient (Wildman–Crippen LogP) is 3.70. The molecule has 2 aliphatic heterocycles. The normalized spacial score (nSPS) is 23.9. The highest BCUT2D eigenvalue weighted by Crippen LogP contribution is 2.30. The lowest BCUT2D eigenvalue weighted by molar-refractivity contribution is 0.0749. The van der Waals surface area contributed by atoms with Crippen LogP contribution in [0.15, 0.2) is 18.2 Å². The molecule has 2 saturated heterocycles. The number of benzene rings is 1. The van der Waals surface area contributed by atoms with Gasteiger partial charge >= 0.3 is 0 Å². The Balaban J connectivity index is 1.33. The van der Waals surface area contributed by atoms with Crippen LogP contribution in [0.5, 0.6) is 11.5 Å². The fourth-order valence-corrected chi connectivity index (χ4v) is 5.52. The molecule has 6 heteroatoms. The van der Waals surface area contributed by atoms with Gasteiger partial charge in [-0.1, -0.05) is 12.8 Å². The van der Waals surface area contributed by atoms with E-state index in [1.807, 2.05) is 12.1 Å². The molecule has 1 aliphatic carbocycles. The SMILES string of the molecule is COc1ccc(OC2CCN(C3CCCC3)CC2)c(C(=O)NCCC2CCCN2C)c1. The molecule has 3 fully saturated rings. The summed E-state index contributed by atoms with van der Waals surface area (Å²) in [6.45, 7) is 4.04. The zero-order valence-corrected chi connectivity index (χ0v) is 19.3. The second-order valence-corrected chi connectivity index (χ2v) is 9.47. The Hall–Kier alpha value is -1.79. The van der Waals surface area contributed by atoms with E-state index in [1.54, 1.807) is 13.2 Å². The minimum Gasteiger partial charge on any atom is -0.497 e. The summed E-state index contributed by atoms with van der Waals surface area (Å²) in [7, 11) is 3.80. The van der Waals surface area contributed by atoms with E-state index in [2.05, 4.69) is 22.2 Å². The van der Waals surface area contributed by atoms with Crippen LogP contribution in [0.25, 0.3) is 0 Å². The van der Waals surface area contributed by atoms with Crippen molar-refractivity contribution in [2.45, 2.75) is 76.0 Å². The van der Waals surface area contributed by atoms with Crippen molar-refractivity contribution in [3.05, 3.63) is 23.8 Å². The molecule has 1 amide bonds. The van der Waals surface area contributed by atoms with Crippen molar-refractivity contribution in [2.24, 2.45) is 0 Å². The Bertz CT molecular complexity index is 727. The van der Waals surface area contributed by atoms with Gasteiger partial charge in [0.15, 0.2) is 0 Å². The van der Waals surface area contributed by atoms with Crippen molar-refractivity contribution < 1.29 is 14.3 Å². The van der Waals surface area contributed by atoms with Crippen LogP contribution in [-0.4, -0.2) is 74.2 Å². The highest BCUT2D eigenvalue weighted by molar-refractivity contribution is 5.97. The lowest BCUT2D eigenvalue weighted by Gasteiger charge is -2.36. The number of nitrogens with one attached hydrogen (secondary N) is 1. The second kappa shape index (κ2) is 10.7. The van der Waals surface area contributed by atoms with Gasteiger partial charge in [0.1, 0.15) is 17.6 Å². The number of piperidine rings is 1. The summed E-state index contributed by atoms with van der Waals surface area (Å²) in [5.74, 6) is 1.29. The minimum absolute atomic E-state index is 0.0714. The van der Waals surface area contributed by atoms with Crippen LogP contribution >= 0.6 is 0 Å². The van der Waals surface area contributed by atoms with Gasteiger partial charge in [-0.15, -0.1) is 0 Å². The molecule has 2 heterocycles. The van der Waals surface area contributed by atoms with E-state index in [9.17, 15) is 4.79 Å². The molecule has 172 valence electrons. The third kappa shape index (κ3) is 5.72. The molecule has 1 aromatic rings. The number of likely N-dealkylation sites (tertiary alicyclic amines) is 2. The van der Waals surface area contributed by atoms with Crippen molar-refractivity contribution in [3.63, 3.8) is 0 Å². The fraction of sp³-hybridized carbons (Fsp3) is 0.720. The van der Waals surface area contributed by atoms with Crippen LogP contribution in [0.2, 0.25) is 0 Å². The predicted molar refractivity (Wildman–Crippen MR) is 123 cm³/mol. The van der Waals surface area contributed by atoms with Crippen molar-refractivity contribution in [2.75, 3.05) is 40.3 Å². The van der Waals surface area contributed by atoms with Gasteiger partial charge < -0.3 is 24.6 Å². The van der Waals surface area contributed by atoms with Crippen LogP contribution in [0.3, 0.4) is 0 Å². The molecule has 1 N–H and O–H groups in total. The van der Waals surface area contributed by atoms with Gasteiger partial charge in [0.25, 0.3) is 5.91 Å². The molecule has 1 aromatic carbocycles. The summed E-state index contributed by atoms with van der Waals surface area (Å²) in [5, 5.41) is 3.11. The standard InChI is InChI=1S/C25H39N3O3/c1-27-15-5-8-19(27)11-14-26-25(29)23-18-22(30-2)9-10-24(23)31-21-12-16-28(17-13-21)20-6-3-4-7-20/h9-10,18-21H,3-8,11-17H2,1-2H3,(H,26,29). The number of rotatable bonds is 8. The Kier molecular flexibility index (Phi) is 7.72. The summed E-state index contributed by atoms with van der Waals surface area (Å²) in [6.07, 6.45) is 11.1. The number of hydrogen-bond donors (Lipinski definition) is 1. The van der Waals surface area contributed by atoms with Gasteiger partial charge in [0.05, 0.1) is 12.7 Å². The van der Waals surface area contributed by atoms with E-state index in [0.717, 1.165) is 44.9 Å². The quantitative estimate of drug-likeness (QED) is 0.683. The zero-order valence-electron chi connectivity index (χ0n) is 19.3. The number of hydrogen-bond acceptors (Lipinski definition) is 5. The van der Waals surface area contributed by atoms with Crippen LogP contribution in [0.4, 0.5) is 0 Å². The summed E-state index contributed by atoms with van der Waals surface area (Å²) < 4.78 is 11.7. The Morgan fingerprint density at radius 1 is 1.06 bits per heavy atom. The third-order valence-electron chi connectivity index (χ3n) is 7.48. The van der Waals surface area contributed by atoms with Gasteiger partial charge in [0.2, 0.25) is 0 Å². The second-order valence-electron chi connectivity index (χ2n) is 9.47. The Morgan fingerprint density at radius 3 is 2.52 bits per heavy atom. The van der Waals surface area contributed by atoms with Gasteiger partial charge in [-0.05, 0) is 76.7 Å². The molecule has 1 unspecified atom stereocenters. The lowest BCUT2D eigenvalue weighted by atomic mass is 10.0. The lowest BCUT2D eigenvalue weighted by Crippen LogP contribution is -2.43. The van der Waals surface area contributed by atoms with Crippen molar-refractivity contribution in [3.8, 4) is 11.5 Å². The molecule has 31 heavy (non-hydrogen) atoms. The molecule has 0 radical (unpaired) electrons. The van der Waals surface area contributed by atoms with Crippen molar-refractivity contribution in [1.82, 2.24) is 15.1 Å². The van der Waals surface area contributed by atoms with E-state index < -0.39 is 0 Å². The zero-order chi connectivity index (χ0) is 21.6. The molecule has 1 saturated carbocycles. The molecule has 0 spiro atoms. The van der Waals surface area contributed by atoms with Crippen molar-refractivity contribution in [1.29, 1.82) is 0 Å². The first-order valence-corrected chi connectivity index (χ1v) is 12.2. The Labute approximate surface area is 187 Å². The number of methoxy groups -OCH3 is 1. The average Bonchev–Trinajstić information content (AvgIpc) is 3.47. The number of carbonyl (C=O) groups excluding carboxylic acids is 1. The summed E-state index contributed by atoms with van der Waals surface area (Å²) in [6, 6.07) is 6.93. The monoisotopic (exact) mass is 429 g/mol. The maximum atomic E-state index is 13.0. The molecule has 6 nitrogen and oxygen atoms in total.